The van der Waals surface area contributed by atoms with Crippen LogP contribution in [0.3, 0.4) is 0 Å². The second kappa shape index (κ2) is 10.6. The normalized spacial score (nSPS) is 14.5. The highest BCUT2D eigenvalue weighted by atomic mass is 16.2. The highest BCUT2D eigenvalue weighted by molar-refractivity contribution is 5.95. The molecule has 0 spiro atoms. The summed E-state index contributed by atoms with van der Waals surface area (Å²) in [5.74, 6) is 1.01. The predicted octanol–water partition coefficient (Wildman–Crippen LogP) is 2.61. The average molecular weight is 394 g/mol. The Morgan fingerprint density at radius 1 is 1.07 bits per heavy atom. The number of nitrogens with zero attached hydrogens (tertiary/aromatic N) is 3. The fraction of sp³-hybridized carbons (Fsp3) is 0.391. The highest BCUT2D eigenvalue weighted by Crippen LogP contribution is 2.21. The Labute approximate surface area is 173 Å². The minimum atomic E-state index is 0.220. The predicted molar refractivity (Wildman–Crippen MR) is 119 cm³/mol. The van der Waals surface area contributed by atoms with Gasteiger partial charge in [-0.15, -0.1) is 0 Å². The summed E-state index contributed by atoms with van der Waals surface area (Å²) in [7, 11) is 3.91. The smallest absolute Gasteiger partial charge is 0.227 e. The molecule has 0 unspecified atom stereocenters. The standard InChI is InChI=1S/C23H31N5O/c1-24-23(25-14-16-27(2)18-20-7-4-3-5-8-20)26-17-19-10-12-21(13-11-19)28-15-6-9-22(28)29/h3-5,7-8,10-13H,6,9,14-18H2,1-2H3,(H2,24,25,26). The van der Waals surface area contributed by atoms with Crippen LogP contribution < -0.4 is 15.5 Å². The van der Waals surface area contributed by atoms with Gasteiger partial charge < -0.3 is 20.4 Å². The molecule has 0 atom stereocenters. The number of benzene rings is 2. The summed E-state index contributed by atoms with van der Waals surface area (Å²) in [4.78, 5) is 20.3. The van der Waals surface area contributed by atoms with Gasteiger partial charge in [0.1, 0.15) is 0 Å². The van der Waals surface area contributed by atoms with Crippen molar-refractivity contribution < 1.29 is 4.79 Å². The van der Waals surface area contributed by atoms with E-state index in [-0.39, 0.29) is 5.91 Å². The van der Waals surface area contributed by atoms with Crippen LogP contribution in [-0.4, -0.2) is 50.5 Å². The Morgan fingerprint density at radius 3 is 2.48 bits per heavy atom. The lowest BCUT2D eigenvalue weighted by molar-refractivity contribution is -0.117. The molecular formula is C23H31N5O. The lowest BCUT2D eigenvalue weighted by Gasteiger charge is -2.19. The van der Waals surface area contributed by atoms with E-state index >= 15 is 0 Å². The van der Waals surface area contributed by atoms with Crippen LogP contribution in [0.15, 0.2) is 59.6 Å². The molecule has 0 saturated carbocycles. The van der Waals surface area contributed by atoms with Gasteiger partial charge in [0.15, 0.2) is 5.96 Å². The SMILES string of the molecule is CN=C(NCCN(C)Cc1ccccc1)NCc1ccc(N2CCCC2=O)cc1. The maximum absolute atomic E-state index is 11.9. The van der Waals surface area contributed by atoms with Crippen molar-refractivity contribution in [2.75, 3.05) is 38.6 Å². The van der Waals surface area contributed by atoms with Gasteiger partial charge in [0, 0.05) is 51.9 Å². The monoisotopic (exact) mass is 393 g/mol. The fourth-order valence-corrected chi connectivity index (χ4v) is 3.46. The number of hydrogen-bond donors (Lipinski definition) is 2. The van der Waals surface area contributed by atoms with Gasteiger partial charge in [0.05, 0.1) is 0 Å². The van der Waals surface area contributed by atoms with Crippen molar-refractivity contribution in [3.05, 3.63) is 65.7 Å². The van der Waals surface area contributed by atoms with Crippen molar-refractivity contribution in [2.45, 2.75) is 25.9 Å². The van der Waals surface area contributed by atoms with Gasteiger partial charge in [-0.05, 0) is 36.7 Å². The summed E-state index contributed by atoms with van der Waals surface area (Å²) in [5, 5.41) is 6.71. The van der Waals surface area contributed by atoms with Gasteiger partial charge in [-0.2, -0.15) is 0 Å². The molecule has 0 bridgehead atoms. The number of likely N-dealkylation sites (N-methyl/N-ethyl adjacent to an activating group) is 1. The van der Waals surface area contributed by atoms with Crippen molar-refractivity contribution in [3.8, 4) is 0 Å². The number of amides is 1. The van der Waals surface area contributed by atoms with Crippen molar-refractivity contribution in [3.63, 3.8) is 0 Å². The first-order valence-electron chi connectivity index (χ1n) is 10.2. The molecule has 6 nitrogen and oxygen atoms in total. The molecule has 0 radical (unpaired) electrons. The number of hydrogen-bond acceptors (Lipinski definition) is 3. The van der Waals surface area contributed by atoms with Gasteiger partial charge in [-0.1, -0.05) is 42.5 Å². The number of anilines is 1. The molecule has 0 aliphatic carbocycles. The number of carbonyl (C=O) groups is 1. The molecule has 2 aromatic rings. The summed E-state index contributed by atoms with van der Waals surface area (Å²) in [6.07, 6.45) is 1.61. The highest BCUT2D eigenvalue weighted by Gasteiger charge is 2.21. The average Bonchev–Trinajstić information content (AvgIpc) is 3.17. The quantitative estimate of drug-likeness (QED) is 0.535. The summed E-state index contributed by atoms with van der Waals surface area (Å²) >= 11 is 0. The van der Waals surface area contributed by atoms with Gasteiger partial charge in [-0.3, -0.25) is 9.79 Å². The first kappa shape index (κ1) is 20.9. The Morgan fingerprint density at radius 2 is 1.83 bits per heavy atom. The van der Waals surface area contributed by atoms with Crippen LogP contribution in [0.2, 0.25) is 0 Å². The van der Waals surface area contributed by atoms with Crippen LogP contribution in [0, 0.1) is 0 Å². The Bertz CT molecular complexity index is 804. The van der Waals surface area contributed by atoms with Crippen molar-refractivity contribution in [1.82, 2.24) is 15.5 Å². The van der Waals surface area contributed by atoms with E-state index < -0.39 is 0 Å². The van der Waals surface area contributed by atoms with Crippen LogP contribution in [0.25, 0.3) is 0 Å². The van der Waals surface area contributed by atoms with Crippen LogP contribution >= 0.6 is 0 Å². The summed E-state index contributed by atoms with van der Waals surface area (Å²) in [6, 6.07) is 18.7. The van der Waals surface area contributed by atoms with E-state index in [0.717, 1.165) is 49.8 Å². The zero-order valence-corrected chi connectivity index (χ0v) is 17.4. The Balaban J connectivity index is 1.39. The first-order chi connectivity index (χ1) is 14.2. The molecular weight excluding hydrogens is 362 g/mol. The van der Waals surface area contributed by atoms with E-state index in [1.165, 1.54) is 5.56 Å². The molecule has 2 N–H and O–H groups in total. The third kappa shape index (κ3) is 6.32. The Kier molecular flexibility index (Phi) is 7.64. The van der Waals surface area contributed by atoms with E-state index in [1.54, 1.807) is 7.05 Å². The van der Waals surface area contributed by atoms with Crippen LogP contribution in [0.4, 0.5) is 5.69 Å². The van der Waals surface area contributed by atoms with Crippen LogP contribution in [-0.2, 0) is 17.9 Å². The molecule has 0 aromatic heterocycles. The fourth-order valence-electron chi connectivity index (χ4n) is 3.46. The number of carbonyl (C=O) groups excluding carboxylic acids is 1. The Hall–Kier alpha value is -2.86. The summed E-state index contributed by atoms with van der Waals surface area (Å²) < 4.78 is 0. The third-order valence-corrected chi connectivity index (χ3v) is 5.09. The van der Waals surface area contributed by atoms with Crippen molar-refractivity contribution in [2.24, 2.45) is 4.99 Å². The molecule has 3 rings (SSSR count). The largest absolute Gasteiger partial charge is 0.355 e. The lowest BCUT2D eigenvalue weighted by atomic mass is 10.2. The van der Waals surface area contributed by atoms with Gasteiger partial charge in [0.2, 0.25) is 5.91 Å². The molecule has 154 valence electrons. The number of rotatable bonds is 8. The van der Waals surface area contributed by atoms with E-state index in [9.17, 15) is 4.79 Å². The zero-order valence-electron chi connectivity index (χ0n) is 17.4. The third-order valence-electron chi connectivity index (χ3n) is 5.09. The summed E-state index contributed by atoms with van der Waals surface area (Å²) in [5.41, 5.74) is 3.46. The molecule has 2 aromatic carbocycles. The topological polar surface area (TPSA) is 60.0 Å². The minimum Gasteiger partial charge on any atom is -0.355 e. The maximum Gasteiger partial charge on any atom is 0.227 e. The van der Waals surface area contributed by atoms with E-state index in [0.29, 0.717) is 13.0 Å². The zero-order chi connectivity index (χ0) is 20.5. The van der Waals surface area contributed by atoms with Gasteiger partial charge in [0.25, 0.3) is 0 Å². The number of aliphatic imine (C=N–C) groups is 1. The van der Waals surface area contributed by atoms with E-state index in [1.807, 2.05) is 23.1 Å². The minimum absolute atomic E-state index is 0.220. The van der Waals surface area contributed by atoms with Crippen LogP contribution in [0.1, 0.15) is 24.0 Å². The molecule has 1 aliphatic heterocycles. The van der Waals surface area contributed by atoms with Gasteiger partial charge in [-0.25, -0.2) is 0 Å². The van der Waals surface area contributed by atoms with Gasteiger partial charge >= 0.3 is 0 Å². The maximum atomic E-state index is 11.9. The van der Waals surface area contributed by atoms with Crippen LogP contribution in [0.5, 0.6) is 0 Å². The summed E-state index contributed by atoms with van der Waals surface area (Å²) in [6.45, 7) is 4.19. The van der Waals surface area contributed by atoms with Crippen molar-refractivity contribution >= 4 is 17.6 Å². The van der Waals surface area contributed by atoms with E-state index in [4.69, 9.17) is 0 Å². The molecule has 1 fully saturated rings. The molecule has 1 saturated heterocycles. The molecule has 1 heterocycles. The number of guanidine groups is 1. The second-order valence-corrected chi connectivity index (χ2v) is 7.39. The molecule has 1 aliphatic rings. The lowest BCUT2D eigenvalue weighted by Crippen LogP contribution is -2.40. The molecule has 1 amide bonds. The number of nitrogens with one attached hydrogen (secondary N) is 2. The van der Waals surface area contributed by atoms with E-state index in [2.05, 4.69) is 64.0 Å². The molecule has 29 heavy (non-hydrogen) atoms. The second-order valence-electron chi connectivity index (χ2n) is 7.39. The first-order valence-corrected chi connectivity index (χ1v) is 10.2. The van der Waals surface area contributed by atoms with Crippen molar-refractivity contribution in [1.29, 1.82) is 0 Å². The molecule has 6 heteroatoms.